The van der Waals surface area contributed by atoms with Gasteiger partial charge in [0, 0.05) is 18.7 Å². The number of hydrogen-bond acceptors (Lipinski definition) is 3. The Kier molecular flexibility index (Phi) is 6.09. The predicted octanol–water partition coefficient (Wildman–Crippen LogP) is 2.85. The van der Waals surface area contributed by atoms with Gasteiger partial charge in [-0.25, -0.2) is 0 Å². The highest BCUT2D eigenvalue weighted by atomic mass is 35.5. The fourth-order valence-corrected chi connectivity index (χ4v) is 3.29. The van der Waals surface area contributed by atoms with Crippen LogP contribution < -0.4 is 10.5 Å². The molecule has 0 aromatic heterocycles. The van der Waals surface area contributed by atoms with Gasteiger partial charge in [0.15, 0.2) is 0 Å². The second-order valence-electron chi connectivity index (χ2n) is 6.19. The standard InChI is InChI=1S/C17H24N2O2.ClH/c18-11-13-8-9-19(12-13)17(20)14-4-3-7-16(10-14)21-15-5-1-2-6-15;/h3-4,7,10,13,15H,1-2,5-6,8-9,11-12,18H2;1H. The molecule has 122 valence electrons. The van der Waals surface area contributed by atoms with Crippen molar-refractivity contribution < 1.29 is 9.53 Å². The van der Waals surface area contributed by atoms with Crippen molar-refractivity contribution in [3.63, 3.8) is 0 Å². The van der Waals surface area contributed by atoms with E-state index in [4.69, 9.17) is 10.5 Å². The minimum absolute atomic E-state index is 0. The van der Waals surface area contributed by atoms with Crippen LogP contribution in [0.4, 0.5) is 0 Å². The first-order valence-corrected chi connectivity index (χ1v) is 8.02. The topological polar surface area (TPSA) is 55.6 Å². The van der Waals surface area contributed by atoms with Gasteiger partial charge in [0.05, 0.1) is 6.10 Å². The molecule has 1 aromatic carbocycles. The molecule has 3 rings (SSSR count). The Balaban J connectivity index is 0.00000176. The first-order valence-electron chi connectivity index (χ1n) is 8.02. The number of likely N-dealkylation sites (tertiary alicyclic amines) is 1. The van der Waals surface area contributed by atoms with Crippen LogP contribution in [0.15, 0.2) is 24.3 Å². The maximum absolute atomic E-state index is 12.5. The normalized spacial score (nSPS) is 21.7. The van der Waals surface area contributed by atoms with Crippen molar-refractivity contribution in [3.8, 4) is 5.75 Å². The molecule has 2 N–H and O–H groups in total. The highest BCUT2D eigenvalue weighted by Gasteiger charge is 2.26. The molecule has 1 saturated carbocycles. The van der Waals surface area contributed by atoms with E-state index < -0.39 is 0 Å². The van der Waals surface area contributed by atoms with Crippen LogP contribution in [-0.2, 0) is 0 Å². The van der Waals surface area contributed by atoms with E-state index in [1.165, 1.54) is 12.8 Å². The monoisotopic (exact) mass is 324 g/mol. The molecule has 1 unspecified atom stereocenters. The van der Waals surface area contributed by atoms with E-state index in [1.54, 1.807) is 0 Å². The molecular weight excluding hydrogens is 300 g/mol. The summed E-state index contributed by atoms with van der Waals surface area (Å²) >= 11 is 0. The first kappa shape index (κ1) is 17.1. The van der Waals surface area contributed by atoms with Gasteiger partial charge in [-0.3, -0.25) is 4.79 Å². The van der Waals surface area contributed by atoms with Crippen LogP contribution in [0.5, 0.6) is 5.75 Å². The predicted molar refractivity (Wildman–Crippen MR) is 89.6 cm³/mol. The Labute approximate surface area is 138 Å². The van der Waals surface area contributed by atoms with Gasteiger partial charge in [-0.15, -0.1) is 12.4 Å². The van der Waals surface area contributed by atoms with Crippen molar-refractivity contribution in [2.24, 2.45) is 11.7 Å². The van der Waals surface area contributed by atoms with Gasteiger partial charge in [0.2, 0.25) is 0 Å². The minimum Gasteiger partial charge on any atom is -0.490 e. The Hall–Kier alpha value is -1.26. The Morgan fingerprint density at radius 2 is 2.05 bits per heavy atom. The third-order valence-electron chi connectivity index (χ3n) is 4.59. The van der Waals surface area contributed by atoms with Gasteiger partial charge in [0.25, 0.3) is 5.91 Å². The number of nitrogens with two attached hydrogens (primary N) is 1. The van der Waals surface area contributed by atoms with E-state index in [-0.39, 0.29) is 18.3 Å². The number of nitrogens with zero attached hydrogens (tertiary/aromatic N) is 1. The number of amides is 1. The van der Waals surface area contributed by atoms with Gasteiger partial charge >= 0.3 is 0 Å². The van der Waals surface area contributed by atoms with E-state index >= 15 is 0 Å². The number of benzene rings is 1. The zero-order chi connectivity index (χ0) is 14.7. The summed E-state index contributed by atoms with van der Waals surface area (Å²) in [6.45, 7) is 2.26. The number of halogens is 1. The van der Waals surface area contributed by atoms with Crippen LogP contribution in [0.1, 0.15) is 42.5 Å². The summed E-state index contributed by atoms with van der Waals surface area (Å²) in [7, 11) is 0. The molecule has 2 aliphatic rings. The number of carbonyl (C=O) groups is 1. The van der Waals surface area contributed by atoms with Crippen LogP contribution in [0, 0.1) is 5.92 Å². The average molecular weight is 325 g/mol. The summed E-state index contributed by atoms with van der Waals surface area (Å²) in [5.41, 5.74) is 6.42. The molecule has 1 atom stereocenters. The Morgan fingerprint density at radius 1 is 1.27 bits per heavy atom. The molecule has 1 amide bonds. The van der Waals surface area contributed by atoms with Gasteiger partial charge in [0.1, 0.15) is 5.75 Å². The molecule has 1 aliphatic carbocycles. The molecule has 1 aromatic rings. The summed E-state index contributed by atoms with van der Waals surface area (Å²) in [5.74, 6) is 1.37. The number of ether oxygens (including phenoxy) is 1. The van der Waals surface area contributed by atoms with Crippen molar-refractivity contribution in [1.82, 2.24) is 4.90 Å². The summed E-state index contributed by atoms with van der Waals surface area (Å²) in [4.78, 5) is 14.4. The maximum atomic E-state index is 12.5. The lowest BCUT2D eigenvalue weighted by Crippen LogP contribution is -2.29. The SMILES string of the molecule is Cl.NCC1CCN(C(=O)c2cccc(OC3CCCC3)c2)C1. The average Bonchev–Trinajstić information content (AvgIpc) is 3.17. The van der Waals surface area contributed by atoms with E-state index in [9.17, 15) is 4.79 Å². The lowest BCUT2D eigenvalue weighted by atomic mass is 10.1. The fourth-order valence-electron chi connectivity index (χ4n) is 3.29. The minimum atomic E-state index is 0. The van der Waals surface area contributed by atoms with Crippen LogP contribution in [0.3, 0.4) is 0 Å². The molecule has 2 fully saturated rings. The summed E-state index contributed by atoms with van der Waals surface area (Å²) in [6.07, 6.45) is 6.09. The van der Waals surface area contributed by atoms with Crippen molar-refractivity contribution in [2.75, 3.05) is 19.6 Å². The van der Waals surface area contributed by atoms with E-state index in [2.05, 4.69) is 0 Å². The van der Waals surface area contributed by atoms with Gasteiger partial charge in [-0.2, -0.15) is 0 Å². The van der Waals surface area contributed by atoms with Gasteiger partial charge in [-0.05, 0) is 62.8 Å². The van der Waals surface area contributed by atoms with Crippen LogP contribution in [-0.4, -0.2) is 36.5 Å². The van der Waals surface area contributed by atoms with Crippen LogP contribution >= 0.6 is 12.4 Å². The van der Waals surface area contributed by atoms with Gasteiger partial charge < -0.3 is 15.4 Å². The van der Waals surface area contributed by atoms with E-state index in [1.807, 2.05) is 29.2 Å². The second-order valence-corrected chi connectivity index (χ2v) is 6.19. The van der Waals surface area contributed by atoms with Crippen molar-refractivity contribution in [2.45, 2.75) is 38.2 Å². The molecule has 0 bridgehead atoms. The number of carbonyl (C=O) groups excluding carboxylic acids is 1. The molecule has 22 heavy (non-hydrogen) atoms. The smallest absolute Gasteiger partial charge is 0.253 e. The summed E-state index contributed by atoms with van der Waals surface area (Å²) < 4.78 is 5.98. The largest absolute Gasteiger partial charge is 0.490 e. The molecule has 1 saturated heterocycles. The maximum Gasteiger partial charge on any atom is 0.253 e. The molecule has 0 radical (unpaired) electrons. The number of rotatable bonds is 4. The number of hydrogen-bond donors (Lipinski definition) is 1. The zero-order valence-corrected chi connectivity index (χ0v) is 13.7. The third kappa shape index (κ3) is 3.93. The lowest BCUT2D eigenvalue weighted by Gasteiger charge is -2.18. The molecular formula is C17H25ClN2O2. The zero-order valence-electron chi connectivity index (χ0n) is 12.9. The van der Waals surface area contributed by atoms with Crippen LogP contribution in [0.2, 0.25) is 0 Å². The summed E-state index contributed by atoms with van der Waals surface area (Å²) in [6, 6.07) is 7.62. The van der Waals surface area contributed by atoms with E-state index in [0.717, 1.165) is 43.7 Å². The lowest BCUT2D eigenvalue weighted by molar-refractivity contribution is 0.0787. The van der Waals surface area contributed by atoms with Crippen molar-refractivity contribution >= 4 is 18.3 Å². The molecule has 0 spiro atoms. The van der Waals surface area contributed by atoms with Crippen molar-refractivity contribution in [1.29, 1.82) is 0 Å². The third-order valence-corrected chi connectivity index (χ3v) is 4.59. The molecule has 1 heterocycles. The molecule has 4 nitrogen and oxygen atoms in total. The molecule has 5 heteroatoms. The van der Waals surface area contributed by atoms with Crippen molar-refractivity contribution in [3.05, 3.63) is 29.8 Å². The van der Waals surface area contributed by atoms with Crippen LogP contribution in [0.25, 0.3) is 0 Å². The summed E-state index contributed by atoms with van der Waals surface area (Å²) in [5, 5.41) is 0. The van der Waals surface area contributed by atoms with Gasteiger partial charge in [-0.1, -0.05) is 6.07 Å². The quantitative estimate of drug-likeness (QED) is 0.926. The Bertz CT molecular complexity index is 503. The Morgan fingerprint density at radius 3 is 2.73 bits per heavy atom. The highest BCUT2D eigenvalue weighted by molar-refractivity contribution is 5.94. The highest BCUT2D eigenvalue weighted by Crippen LogP contribution is 2.25. The molecule has 1 aliphatic heterocycles. The first-order chi connectivity index (χ1) is 10.3. The van der Waals surface area contributed by atoms with E-state index in [0.29, 0.717) is 18.6 Å². The fraction of sp³-hybridized carbons (Fsp3) is 0.588. The second kappa shape index (κ2) is 7.84.